The van der Waals surface area contributed by atoms with Gasteiger partial charge in [-0.1, -0.05) is 36.4 Å². The highest BCUT2D eigenvalue weighted by atomic mass is 16.3. The fourth-order valence-electron chi connectivity index (χ4n) is 2.14. The molecule has 0 aromatic heterocycles. The summed E-state index contributed by atoms with van der Waals surface area (Å²) in [5, 5.41) is 9.84. The third kappa shape index (κ3) is 2.65. The topological polar surface area (TPSA) is 23.5 Å². The van der Waals surface area contributed by atoms with E-state index in [1.165, 1.54) is 11.3 Å². The molecule has 18 heavy (non-hydrogen) atoms. The van der Waals surface area contributed by atoms with Gasteiger partial charge in [-0.2, -0.15) is 0 Å². The van der Waals surface area contributed by atoms with Gasteiger partial charge in [0.1, 0.15) is 5.75 Å². The number of phenolic OH excluding ortho intramolecular Hbond substituents is 1. The first kappa shape index (κ1) is 12.5. The molecule has 2 rings (SSSR count). The first-order valence-electron chi connectivity index (χ1n) is 6.30. The lowest BCUT2D eigenvalue weighted by Gasteiger charge is -2.25. The van der Waals surface area contributed by atoms with Gasteiger partial charge in [-0.25, -0.2) is 0 Å². The maximum absolute atomic E-state index is 9.84. The van der Waals surface area contributed by atoms with Crippen LogP contribution in [0.2, 0.25) is 0 Å². The van der Waals surface area contributed by atoms with Crippen LogP contribution in [-0.4, -0.2) is 11.7 Å². The molecule has 1 N–H and O–H groups in total. The number of benzene rings is 2. The molecule has 0 amide bonds. The van der Waals surface area contributed by atoms with Gasteiger partial charge in [0.15, 0.2) is 0 Å². The van der Waals surface area contributed by atoms with E-state index >= 15 is 0 Å². The molecule has 0 aliphatic rings. The predicted octanol–water partition coefficient (Wildman–Crippen LogP) is 3.73. The Morgan fingerprint density at radius 2 is 1.67 bits per heavy atom. The molecule has 0 fully saturated rings. The van der Waals surface area contributed by atoms with Gasteiger partial charge in [-0.3, -0.25) is 0 Å². The maximum Gasteiger partial charge on any atom is 0.120 e. The Labute approximate surface area is 109 Å². The maximum atomic E-state index is 9.84. The normalized spacial score (nSPS) is 10.3. The van der Waals surface area contributed by atoms with Gasteiger partial charge >= 0.3 is 0 Å². The van der Waals surface area contributed by atoms with E-state index in [9.17, 15) is 5.11 Å². The lowest BCUT2D eigenvalue weighted by molar-refractivity contribution is 0.467. The molecule has 0 saturated heterocycles. The fraction of sp³-hybridized carbons (Fsp3) is 0.250. The van der Waals surface area contributed by atoms with Crippen LogP contribution in [0.25, 0.3) is 0 Å². The van der Waals surface area contributed by atoms with Crippen LogP contribution in [0, 0.1) is 6.92 Å². The van der Waals surface area contributed by atoms with Crippen molar-refractivity contribution in [3.05, 3.63) is 59.7 Å². The standard InChI is InChI=1S/C16H19NO/c1-3-17(15-10-6-4-8-13(15)2)12-14-9-5-7-11-16(14)18/h4-11,18H,3,12H2,1-2H3. The largest absolute Gasteiger partial charge is 0.508 e. The number of aryl methyl sites for hydroxylation is 1. The van der Waals surface area contributed by atoms with Gasteiger partial charge in [-0.05, 0) is 31.5 Å². The van der Waals surface area contributed by atoms with Crippen molar-refractivity contribution in [1.29, 1.82) is 0 Å². The minimum Gasteiger partial charge on any atom is -0.508 e. The summed E-state index contributed by atoms with van der Waals surface area (Å²) >= 11 is 0. The molecule has 0 unspecified atom stereocenters. The molecule has 2 aromatic rings. The average molecular weight is 241 g/mol. The van der Waals surface area contributed by atoms with Crippen LogP contribution < -0.4 is 4.90 Å². The van der Waals surface area contributed by atoms with E-state index in [-0.39, 0.29) is 0 Å². The van der Waals surface area contributed by atoms with E-state index in [4.69, 9.17) is 0 Å². The molecule has 0 spiro atoms. The second-order valence-corrected chi connectivity index (χ2v) is 4.43. The highest BCUT2D eigenvalue weighted by molar-refractivity contribution is 5.53. The number of hydrogen-bond acceptors (Lipinski definition) is 2. The van der Waals surface area contributed by atoms with E-state index in [1.54, 1.807) is 6.07 Å². The highest BCUT2D eigenvalue weighted by Gasteiger charge is 2.09. The van der Waals surface area contributed by atoms with Crippen LogP contribution in [0.3, 0.4) is 0 Å². The monoisotopic (exact) mass is 241 g/mol. The van der Waals surface area contributed by atoms with Crippen molar-refractivity contribution >= 4 is 5.69 Å². The number of rotatable bonds is 4. The summed E-state index contributed by atoms with van der Waals surface area (Å²) in [4.78, 5) is 2.27. The average Bonchev–Trinajstić information content (AvgIpc) is 2.39. The molecule has 0 aliphatic carbocycles. The van der Waals surface area contributed by atoms with Crippen LogP contribution in [0.1, 0.15) is 18.1 Å². The highest BCUT2D eigenvalue weighted by Crippen LogP contribution is 2.24. The number of phenols is 1. The Hall–Kier alpha value is -1.96. The Kier molecular flexibility index (Phi) is 3.88. The summed E-state index contributed by atoms with van der Waals surface area (Å²) < 4.78 is 0. The molecule has 0 aliphatic heterocycles. The summed E-state index contributed by atoms with van der Waals surface area (Å²) in [6.07, 6.45) is 0. The molecule has 0 radical (unpaired) electrons. The molecule has 0 atom stereocenters. The molecule has 2 heteroatoms. The Morgan fingerprint density at radius 3 is 2.33 bits per heavy atom. The van der Waals surface area contributed by atoms with Crippen molar-refractivity contribution in [3.63, 3.8) is 0 Å². The van der Waals surface area contributed by atoms with Gasteiger partial charge in [0.2, 0.25) is 0 Å². The predicted molar refractivity (Wildman–Crippen MR) is 76.0 cm³/mol. The molecule has 2 aromatic carbocycles. The SMILES string of the molecule is CCN(Cc1ccccc1O)c1ccccc1C. The Morgan fingerprint density at radius 1 is 1.00 bits per heavy atom. The third-order valence-electron chi connectivity index (χ3n) is 3.19. The minimum atomic E-state index is 0.365. The van der Waals surface area contributed by atoms with Gasteiger partial charge in [0, 0.05) is 24.3 Å². The lowest BCUT2D eigenvalue weighted by atomic mass is 10.1. The van der Waals surface area contributed by atoms with E-state index in [2.05, 4.69) is 36.9 Å². The molecule has 94 valence electrons. The summed E-state index contributed by atoms with van der Waals surface area (Å²) in [5.74, 6) is 0.365. The van der Waals surface area contributed by atoms with Crippen LogP contribution in [-0.2, 0) is 6.54 Å². The van der Waals surface area contributed by atoms with Crippen molar-refractivity contribution in [2.24, 2.45) is 0 Å². The van der Waals surface area contributed by atoms with Crippen LogP contribution in [0.5, 0.6) is 5.75 Å². The first-order valence-corrected chi connectivity index (χ1v) is 6.30. The molecular formula is C16H19NO. The van der Waals surface area contributed by atoms with Crippen LogP contribution in [0.15, 0.2) is 48.5 Å². The van der Waals surface area contributed by atoms with Crippen molar-refractivity contribution in [1.82, 2.24) is 0 Å². The second kappa shape index (κ2) is 5.58. The number of aromatic hydroxyl groups is 1. The number of para-hydroxylation sites is 2. The van der Waals surface area contributed by atoms with E-state index < -0.39 is 0 Å². The smallest absolute Gasteiger partial charge is 0.120 e. The fourth-order valence-corrected chi connectivity index (χ4v) is 2.14. The molecule has 0 bridgehead atoms. The van der Waals surface area contributed by atoms with Crippen molar-refractivity contribution in [3.8, 4) is 5.75 Å². The number of hydrogen-bond donors (Lipinski definition) is 1. The van der Waals surface area contributed by atoms with Crippen LogP contribution in [0.4, 0.5) is 5.69 Å². The first-order chi connectivity index (χ1) is 8.72. The van der Waals surface area contributed by atoms with Gasteiger partial charge in [0.25, 0.3) is 0 Å². The second-order valence-electron chi connectivity index (χ2n) is 4.43. The van der Waals surface area contributed by atoms with Crippen molar-refractivity contribution in [2.75, 3.05) is 11.4 Å². The summed E-state index contributed by atoms with van der Waals surface area (Å²) in [7, 11) is 0. The molecule has 2 nitrogen and oxygen atoms in total. The van der Waals surface area contributed by atoms with Gasteiger partial charge in [0.05, 0.1) is 0 Å². The molecule has 0 heterocycles. The number of anilines is 1. The van der Waals surface area contributed by atoms with Gasteiger partial charge < -0.3 is 10.0 Å². The number of nitrogens with zero attached hydrogens (tertiary/aromatic N) is 1. The van der Waals surface area contributed by atoms with Crippen molar-refractivity contribution < 1.29 is 5.11 Å². The lowest BCUT2D eigenvalue weighted by Crippen LogP contribution is -2.22. The van der Waals surface area contributed by atoms with E-state index in [0.29, 0.717) is 5.75 Å². The summed E-state index contributed by atoms with van der Waals surface area (Å²) in [6.45, 7) is 5.89. The van der Waals surface area contributed by atoms with Gasteiger partial charge in [-0.15, -0.1) is 0 Å². The zero-order valence-electron chi connectivity index (χ0n) is 10.9. The van der Waals surface area contributed by atoms with Crippen molar-refractivity contribution in [2.45, 2.75) is 20.4 Å². The molecular weight excluding hydrogens is 222 g/mol. The van der Waals surface area contributed by atoms with E-state index in [1.807, 2.05) is 24.3 Å². The minimum absolute atomic E-state index is 0.365. The molecule has 0 saturated carbocycles. The summed E-state index contributed by atoms with van der Waals surface area (Å²) in [5.41, 5.74) is 3.45. The van der Waals surface area contributed by atoms with Crippen LogP contribution >= 0.6 is 0 Å². The Balaban J connectivity index is 2.26. The Bertz CT molecular complexity index is 522. The third-order valence-corrected chi connectivity index (χ3v) is 3.19. The zero-order chi connectivity index (χ0) is 13.0. The zero-order valence-corrected chi connectivity index (χ0v) is 10.9. The quantitative estimate of drug-likeness (QED) is 0.881. The summed E-state index contributed by atoms with van der Waals surface area (Å²) in [6, 6.07) is 15.9. The van der Waals surface area contributed by atoms with E-state index in [0.717, 1.165) is 18.7 Å².